The Hall–Kier alpha value is -0.630. The molecule has 2 aliphatic rings. The lowest BCUT2D eigenvalue weighted by molar-refractivity contribution is 0.296. The number of allylic oxidation sites excluding steroid dienone is 3. The maximum Gasteiger partial charge on any atom is 0.118 e. The predicted molar refractivity (Wildman–Crippen MR) is 42.8 cm³/mol. The van der Waals surface area contributed by atoms with Crippen LogP contribution in [0.1, 0.15) is 12.8 Å². The fourth-order valence-corrected chi connectivity index (χ4v) is 1.59. The highest BCUT2D eigenvalue weighted by Gasteiger charge is 2.25. The minimum Gasteiger partial charge on any atom is -0.313 e. The number of halogens is 1. The van der Waals surface area contributed by atoms with Gasteiger partial charge in [0.25, 0.3) is 0 Å². The second-order valence-corrected chi connectivity index (χ2v) is 3.20. The molecular formula is C9H12FN. The molecule has 60 valence electrons. The average molecular weight is 153 g/mol. The smallest absolute Gasteiger partial charge is 0.118 e. The Morgan fingerprint density at radius 1 is 1.55 bits per heavy atom. The molecule has 1 aliphatic heterocycles. The van der Waals surface area contributed by atoms with Crippen LogP contribution in [-0.4, -0.2) is 12.6 Å². The van der Waals surface area contributed by atoms with Gasteiger partial charge in [-0.15, -0.1) is 0 Å². The van der Waals surface area contributed by atoms with Gasteiger partial charge in [0, 0.05) is 6.04 Å². The number of nitrogens with one attached hydrogen (secondary N) is 1. The maximum absolute atomic E-state index is 12.5. The summed E-state index contributed by atoms with van der Waals surface area (Å²) in [5, 5.41) is 3.33. The van der Waals surface area contributed by atoms with E-state index in [0.29, 0.717) is 12.0 Å². The molecule has 2 unspecified atom stereocenters. The van der Waals surface area contributed by atoms with E-state index in [1.807, 2.05) is 6.08 Å². The molecule has 1 heterocycles. The van der Waals surface area contributed by atoms with Crippen molar-refractivity contribution in [2.24, 2.45) is 5.92 Å². The van der Waals surface area contributed by atoms with Crippen molar-refractivity contribution in [1.82, 2.24) is 5.32 Å². The summed E-state index contributed by atoms with van der Waals surface area (Å²) in [6.07, 6.45) is 7.33. The highest BCUT2D eigenvalue weighted by Crippen LogP contribution is 2.24. The normalized spacial score (nSPS) is 36.3. The van der Waals surface area contributed by atoms with Gasteiger partial charge in [0.05, 0.1) is 0 Å². The minimum absolute atomic E-state index is 0.0828. The summed E-state index contributed by atoms with van der Waals surface area (Å²) < 4.78 is 12.5. The summed E-state index contributed by atoms with van der Waals surface area (Å²) in [4.78, 5) is 0. The van der Waals surface area contributed by atoms with Gasteiger partial charge in [0.1, 0.15) is 5.83 Å². The third-order valence-corrected chi connectivity index (χ3v) is 2.47. The highest BCUT2D eigenvalue weighted by atomic mass is 19.1. The van der Waals surface area contributed by atoms with E-state index in [2.05, 4.69) is 5.32 Å². The largest absolute Gasteiger partial charge is 0.313 e. The van der Waals surface area contributed by atoms with Crippen LogP contribution in [0.3, 0.4) is 0 Å². The van der Waals surface area contributed by atoms with Crippen LogP contribution in [0.2, 0.25) is 0 Å². The SMILES string of the molecule is FC1=CCC(C2CCN2)C=C1. The first-order valence-electron chi connectivity index (χ1n) is 4.13. The lowest BCUT2D eigenvalue weighted by Gasteiger charge is -2.34. The molecule has 0 saturated carbocycles. The van der Waals surface area contributed by atoms with Crippen molar-refractivity contribution >= 4 is 0 Å². The van der Waals surface area contributed by atoms with Crippen LogP contribution in [0, 0.1) is 5.92 Å². The van der Waals surface area contributed by atoms with Crippen molar-refractivity contribution < 1.29 is 4.39 Å². The molecule has 0 radical (unpaired) electrons. The molecule has 0 bridgehead atoms. The van der Waals surface area contributed by atoms with Crippen molar-refractivity contribution in [2.45, 2.75) is 18.9 Å². The molecule has 1 aliphatic carbocycles. The van der Waals surface area contributed by atoms with Crippen LogP contribution in [0.5, 0.6) is 0 Å². The summed E-state index contributed by atoms with van der Waals surface area (Å²) in [6.45, 7) is 1.13. The Morgan fingerprint density at radius 3 is 2.82 bits per heavy atom. The van der Waals surface area contributed by atoms with Crippen LogP contribution in [-0.2, 0) is 0 Å². The van der Waals surface area contributed by atoms with Gasteiger partial charge in [-0.05, 0) is 37.5 Å². The monoisotopic (exact) mass is 153 g/mol. The second-order valence-electron chi connectivity index (χ2n) is 3.20. The van der Waals surface area contributed by atoms with Crippen molar-refractivity contribution in [3.63, 3.8) is 0 Å². The molecule has 0 aromatic carbocycles. The first kappa shape index (κ1) is 7.04. The molecule has 0 aromatic heterocycles. The third kappa shape index (κ3) is 1.36. The van der Waals surface area contributed by atoms with Crippen LogP contribution in [0.15, 0.2) is 24.1 Å². The van der Waals surface area contributed by atoms with Crippen LogP contribution in [0.4, 0.5) is 4.39 Å². The van der Waals surface area contributed by atoms with E-state index in [1.54, 1.807) is 12.2 Å². The summed E-state index contributed by atoms with van der Waals surface area (Å²) in [7, 11) is 0. The lowest BCUT2D eigenvalue weighted by atomic mass is 9.87. The van der Waals surface area contributed by atoms with Gasteiger partial charge in [0.2, 0.25) is 0 Å². The molecular weight excluding hydrogens is 141 g/mol. The molecule has 11 heavy (non-hydrogen) atoms. The van der Waals surface area contributed by atoms with Crippen LogP contribution in [0.25, 0.3) is 0 Å². The molecule has 1 fully saturated rings. The van der Waals surface area contributed by atoms with E-state index >= 15 is 0 Å². The Balaban J connectivity index is 1.94. The van der Waals surface area contributed by atoms with E-state index in [9.17, 15) is 4.39 Å². The number of hydrogen-bond acceptors (Lipinski definition) is 1. The quantitative estimate of drug-likeness (QED) is 0.605. The Morgan fingerprint density at radius 2 is 2.36 bits per heavy atom. The van der Waals surface area contributed by atoms with Crippen molar-refractivity contribution in [3.8, 4) is 0 Å². The second kappa shape index (κ2) is 2.78. The van der Waals surface area contributed by atoms with Crippen LogP contribution >= 0.6 is 0 Å². The standard InChI is InChI=1S/C9H12FN/c10-8-3-1-7(2-4-8)9-5-6-11-9/h1,3-4,7,9,11H,2,5-6H2. The zero-order chi connectivity index (χ0) is 7.68. The zero-order valence-corrected chi connectivity index (χ0v) is 6.39. The van der Waals surface area contributed by atoms with E-state index in [0.717, 1.165) is 13.0 Å². The Bertz CT molecular complexity index is 204. The fourth-order valence-electron chi connectivity index (χ4n) is 1.59. The zero-order valence-electron chi connectivity index (χ0n) is 6.39. The first-order valence-corrected chi connectivity index (χ1v) is 4.13. The fraction of sp³-hybridized carbons (Fsp3) is 0.556. The van der Waals surface area contributed by atoms with E-state index in [4.69, 9.17) is 0 Å². The van der Waals surface area contributed by atoms with Gasteiger partial charge in [-0.1, -0.05) is 6.08 Å². The summed E-state index contributed by atoms with van der Waals surface area (Å²) in [5.74, 6) is 0.448. The summed E-state index contributed by atoms with van der Waals surface area (Å²) in [6, 6.07) is 0.607. The molecule has 0 spiro atoms. The molecule has 1 nitrogen and oxygen atoms in total. The summed E-state index contributed by atoms with van der Waals surface area (Å²) >= 11 is 0. The first-order chi connectivity index (χ1) is 5.36. The van der Waals surface area contributed by atoms with Gasteiger partial charge in [-0.2, -0.15) is 0 Å². The van der Waals surface area contributed by atoms with Crippen molar-refractivity contribution in [3.05, 3.63) is 24.1 Å². The third-order valence-electron chi connectivity index (χ3n) is 2.47. The van der Waals surface area contributed by atoms with Crippen molar-refractivity contribution in [1.29, 1.82) is 0 Å². The van der Waals surface area contributed by atoms with Gasteiger partial charge in [-0.3, -0.25) is 0 Å². The van der Waals surface area contributed by atoms with Crippen LogP contribution < -0.4 is 5.32 Å². The van der Waals surface area contributed by atoms with E-state index < -0.39 is 0 Å². The highest BCUT2D eigenvalue weighted by molar-refractivity contribution is 5.19. The lowest BCUT2D eigenvalue weighted by Crippen LogP contribution is -2.47. The average Bonchev–Trinajstić information content (AvgIpc) is 1.90. The number of hydrogen-bond donors (Lipinski definition) is 1. The van der Waals surface area contributed by atoms with E-state index in [1.165, 1.54) is 6.42 Å². The molecule has 2 rings (SSSR count). The molecule has 1 saturated heterocycles. The predicted octanol–water partition coefficient (Wildman–Crippen LogP) is 1.78. The maximum atomic E-state index is 12.5. The molecule has 2 atom stereocenters. The Kier molecular flexibility index (Phi) is 1.78. The van der Waals surface area contributed by atoms with E-state index in [-0.39, 0.29) is 5.83 Å². The Labute approximate surface area is 66.0 Å². The summed E-state index contributed by atoms with van der Waals surface area (Å²) in [5.41, 5.74) is 0. The molecule has 0 amide bonds. The van der Waals surface area contributed by atoms with Gasteiger partial charge < -0.3 is 5.32 Å². The molecule has 1 N–H and O–H groups in total. The van der Waals surface area contributed by atoms with Gasteiger partial charge in [0.15, 0.2) is 0 Å². The van der Waals surface area contributed by atoms with Gasteiger partial charge >= 0.3 is 0 Å². The van der Waals surface area contributed by atoms with Crippen molar-refractivity contribution in [2.75, 3.05) is 6.54 Å². The number of rotatable bonds is 1. The minimum atomic E-state index is -0.0828. The molecule has 2 heteroatoms. The topological polar surface area (TPSA) is 12.0 Å². The molecule has 0 aromatic rings. The van der Waals surface area contributed by atoms with Gasteiger partial charge in [-0.25, -0.2) is 4.39 Å².